The van der Waals surface area contributed by atoms with E-state index in [1.54, 1.807) is 35.6 Å². The van der Waals surface area contributed by atoms with E-state index >= 15 is 0 Å². The van der Waals surface area contributed by atoms with Gasteiger partial charge in [-0.05, 0) is 55.8 Å². The van der Waals surface area contributed by atoms with Gasteiger partial charge < -0.3 is 14.6 Å². The molecule has 0 fully saturated rings. The van der Waals surface area contributed by atoms with Crippen molar-refractivity contribution in [2.45, 2.75) is 13.8 Å². The summed E-state index contributed by atoms with van der Waals surface area (Å²) in [6.07, 6.45) is 3.85. The molecule has 0 atom stereocenters. The fourth-order valence-corrected chi connectivity index (χ4v) is 3.65. The van der Waals surface area contributed by atoms with Gasteiger partial charge in [0.05, 0.1) is 18.2 Å². The predicted molar refractivity (Wildman–Crippen MR) is 98.9 cm³/mol. The minimum Gasteiger partial charge on any atom is -0.465 e. The van der Waals surface area contributed by atoms with Gasteiger partial charge in [0.25, 0.3) is 5.91 Å². The molecule has 5 nitrogen and oxygen atoms in total. The van der Waals surface area contributed by atoms with E-state index in [0.717, 1.165) is 15.4 Å². The summed E-state index contributed by atoms with van der Waals surface area (Å²) >= 11 is 1.59. The van der Waals surface area contributed by atoms with E-state index in [-0.39, 0.29) is 5.91 Å². The second-order valence-electron chi connectivity index (χ2n) is 5.58. The highest BCUT2D eigenvalue weighted by atomic mass is 32.1. The van der Waals surface area contributed by atoms with Gasteiger partial charge in [-0.3, -0.25) is 4.79 Å². The fourth-order valence-electron chi connectivity index (χ4n) is 2.53. The summed E-state index contributed by atoms with van der Waals surface area (Å²) < 4.78 is 6.62. The van der Waals surface area contributed by atoms with E-state index < -0.39 is 5.97 Å². The Labute approximate surface area is 149 Å². The van der Waals surface area contributed by atoms with Crippen LogP contribution in [0.3, 0.4) is 0 Å². The lowest BCUT2D eigenvalue weighted by Crippen LogP contribution is -2.14. The van der Waals surface area contributed by atoms with Gasteiger partial charge in [-0.1, -0.05) is 0 Å². The van der Waals surface area contributed by atoms with Crippen LogP contribution in [-0.2, 0) is 4.74 Å². The van der Waals surface area contributed by atoms with Crippen LogP contribution >= 0.6 is 11.3 Å². The van der Waals surface area contributed by atoms with Crippen molar-refractivity contribution >= 4 is 28.9 Å². The van der Waals surface area contributed by atoms with E-state index in [1.807, 2.05) is 42.9 Å². The van der Waals surface area contributed by atoms with Crippen LogP contribution in [0.1, 0.15) is 31.2 Å². The summed E-state index contributed by atoms with van der Waals surface area (Å²) in [4.78, 5) is 25.4. The molecule has 1 amide bonds. The number of nitrogens with zero attached hydrogens (tertiary/aromatic N) is 1. The molecule has 2 heterocycles. The molecular formula is C19H18N2O3S. The maximum absolute atomic E-state index is 12.8. The quantitative estimate of drug-likeness (QED) is 0.715. The van der Waals surface area contributed by atoms with Crippen LogP contribution in [-0.4, -0.2) is 23.6 Å². The average Bonchev–Trinajstić information content (AvgIpc) is 3.24. The first-order valence-corrected chi connectivity index (χ1v) is 8.56. The van der Waals surface area contributed by atoms with Crippen LogP contribution in [0.2, 0.25) is 0 Å². The zero-order chi connectivity index (χ0) is 18.0. The number of nitrogens with one attached hydrogen (secondary N) is 1. The van der Waals surface area contributed by atoms with Crippen molar-refractivity contribution in [3.63, 3.8) is 0 Å². The minimum absolute atomic E-state index is 0.170. The number of aromatic nitrogens is 1. The van der Waals surface area contributed by atoms with E-state index in [0.29, 0.717) is 16.8 Å². The number of rotatable bonds is 4. The van der Waals surface area contributed by atoms with Crippen LogP contribution in [0.15, 0.2) is 48.8 Å². The Kier molecular flexibility index (Phi) is 4.72. The zero-order valence-corrected chi connectivity index (χ0v) is 15.0. The molecule has 3 rings (SSSR count). The number of aryl methyl sites for hydroxylation is 1. The van der Waals surface area contributed by atoms with E-state index in [1.165, 1.54) is 7.11 Å². The average molecular weight is 354 g/mol. The Bertz CT molecular complexity index is 909. The number of esters is 1. The smallest absolute Gasteiger partial charge is 0.337 e. The summed E-state index contributed by atoms with van der Waals surface area (Å²) in [6.45, 7) is 3.96. The molecule has 6 heteroatoms. The van der Waals surface area contributed by atoms with Gasteiger partial charge in [-0.15, -0.1) is 11.3 Å². The molecule has 1 N–H and O–H groups in total. The maximum Gasteiger partial charge on any atom is 0.337 e. The summed E-state index contributed by atoms with van der Waals surface area (Å²) in [5.41, 5.74) is 2.70. The number of methoxy groups -OCH3 is 1. The molecule has 0 unspecified atom stereocenters. The third-order valence-corrected chi connectivity index (χ3v) is 5.22. The van der Waals surface area contributed by atoms with Crippen molar-refractivity contribution in [3.8, 4) is 5.00 Å². The predicted octanol–water partition coefficient (Wildman–Crippen LogP) is 4.19. The molecule has 0 aliphatic carbocycles. The molecule has 0 bridgehead atoms. The lowest BCUT2D eigenvalue weighted by molar-refractivity contribution is 0.0600. The lowest BCUT2D eigenvalue weighted by Gasteiger charge is -2.09. The lowest BCUT2D eigenvalue weighted by atomic mass is 10.1. The minimum atomic E-state index is -0.405. The van der Waals surface area contributed by atoms with E-state index in [4.69, 9.17) is 0 Å². The molecular weight excluding hydrogens is 336 g/mol. The summed E-state index contributed by atoms with van der Waals surface area (Å²) in [6, 6.07) is 10.5. The number of thiophene rings is 1. The highest BCUT2D eigenvalue weighted by Gasteiger charge is 2.20. The first-order valence-electron chi connectivity index (χ1n) is 7.74. The van der Waals surface area contributed by atoms with Crippen LogP contribution in [0, 0.1) is 13.8 Å². The van der Waals surface area contributed by atoms with Gasteiger partial charge in [0, 0.05) is 23.0 Å². The Morgan fingerprint density at radius 1 is 1.08 bits per heavy atom. The highest BCUT2D eigenvalue weighted by Crippen LogP contribution is 2.31. The van der Waals surface area contributed by atoms with Gasteiger partial charge in [0.1, 0.15) is 5.00 Å². The molecule has 0 aliphatic heterocycles. The van der Waals surface area contributed by atoms with E-state index in [9.17, 15) is 9.59 Å². The molecule has 3 aromatic rings. The van der Waals surface area contributed by atoms with Crippen LogP contribution in [0.25, 0.3) is 5.00 Å². The van der Waals surface area contributed by atoms with Crippen LogP contribution in [0.4, 0.5) is 5.69 Å². The SMILES string of the molecule is COC(=O)c1ccc(NC(=O)c2c(-n3cccc3)sc(C)c2C)cc1. The number of hydrogen-bond acceptors (Lipinski definition) is 4. The van der Waals surface area contributed by atoms with Crippen molar-refractivity contribution in [1.82, 2.24) is 4.57 Å². The number of hydrogen-bond donors (Lipinski definition) is 1. The second-order valence-corrected chi connectivity index (χ2v) is 6.78. The van der Waals surface area contributed by atoms with Crippen molar-refractivity contribution in [3.05, 3.63) is 70.4 Å². The third-order valence-electron chi connectivity index (χ3n) is 4.00. The zero-order valence-electron chi connectivity index (χ0n) is 14.2. The second kappa shape index (κ2) is 6.94. The summed E-state index contributed by atoms with van der Waals surface area (Å²) in [7, 11) is 1.34. The van der Waals surface area contributed by atoms with Gasteiger partial charge in [-0.25, -0.2) is 4.79 Å². The Morgan fingerprint density at radius 2 is 1.72 bits per heavy atom. The fraction of sp³-hybridized carbons (Fsp3) is 0.158. The molecule has 0 radical (unpaired) electrons. The van der Waals surface area contributed by atoms with E-state index in [2.05, 4.69) is 10.1 Å². The first kappa shape index (κ1) is 17.0. The number of carbonyl (C=O) groups excluding carboxylic acids is 2. The van der Waals surface area contributed by atoms with Crippen LogP contribution < -0.4 is 5.32 Å². The molecule has 0 aliphatic rings. The largest absolute Gasteiger partial charge is 0.465 e. The number of anilines is 1. The topological polar surface area (TPSA) is 60.3 Å². The van der Waals surface area contributed by atoms with Crippen LogP contribution in [0.5, 0.6) is 0 Å². The van der Waals surface area contributed by atoms with Gasteiger partial charge in [-0.2, -0.15) is 0 Å². The molecule has 2 aromatic heterocycles. The van der Waals surface area contributed by atoms with Gasteiger partial charge >= 0.3 is 5.97 Å². The third kappa shape index (κ3) is 3.34. The molecule has 25 heavy (non-hydrogen) atoms. The van der Waals surface area contributed by atoms with Crippen molar-refractivity contribution in [2.24, 2.45) is 0 Å². The van der Waals surface area contributed by atoms with Crippen molar-refractivity contribution < 1.29 is 14.3 Å². The first-order chi connectivity index (χ1) is 12.0. The molecule has 128 valence electrons. The van der Waals surface area contributed by atoms with Gasteiger partial charge in [0.15, 0.2) is 0 Å². The Balaban J connectivity index is 1.88. The molecule has 0 saturated carbocycles. The molecule has 1 aromatic carbocycles. The number of amides is 1. The Hall–Kier alpha value is -2.86. The number of carbonyl (C=O) groups is 2. The maximum atomic E-state index is 12.8. The van der Waals surface area contributed by atoms with Crippen molar-refractivity contribution in [2.75, 3.05) is 12.4 Å². The Morgan fingerprint density at radius 3 is 2.32 bits per heavy atom. The monoisotopic (exact) mass is 354 g/mol. The molecule has 0 spiro atoms. The molecule has 0 saturated heterocycles. The standard InChI is InChI=1S/C19H18N2O3S/c1-12-13(2)25-18(21-10-4-5-11-21)16(12)17(22)20-15-8-6-14(7-9-15)19(23)24-3/h4-11H,1-3H3,(H,20,22). The highest BCUT2D eigenvalue weighted by molar-refractivity contribution is 7.15. The normalized spacial score (nSPS) is 10.5. The number of benzene rings is 1. The van der Waals surface area contributed by atoms with Gasteiger partial charge in [0.2, 0.25) is 0 Å². The number of ether oxygens (including phenoxy) is 1. The summed E-state index contributed by atoms with van der Waals surface area (Å²) in [5.74, 6) is -0.576. The summed E-state index contributed by atoms with van der Waals surface area (Å²) in [5, 5.41) is 3.79. The van der Waals surface area contributed by atoms with Crippen molar-refractivity contribution in [1.29, 1.82) is 0 Å².